The van der Waals surface area contributed by atoms with Gasteiger partial charge in [-0.25, -0.2) is 0 Å². The van der Waals surface area contributed by atoms with E-state index in [1.54, 1.807) is 12.1 Å². The third-order valence-corrected chi connectivity index (χ3v) is 3.19. The summed E-state index contributed by atoms with van der Waals surface area (Å²) in [6.07, 6.45) is 7.65. The van der Waals surface area contributed by atoms with Gasteiger partial charge in [-0.15, -0.1) is 0 Å². The number of phenolic OH excluding ortho intramolecular Hbond substituents is 1. The van der Waals surface area contributed by atoms with Crippen molar-refractivity contribution in [1.29, 1.82) is 0 Å². The van der Waals surface area contributed by atoms with Crippen molar-refractivity contribution >= 4 is 0 Å². The summed E-state index contributed by atoms with van der Waals surface area (Å²) in [6.45, 7) is 5.15. The number of benzene rings is 1. The number of unbranched alkanes of at least 4 members (excludes halogenated alkanes) is 3. The standard InChI is InChI=1S/C16H26O2/c1-3-4-5-6-7-14(2)18-13-12-15-8-10-16(17)11-9-15/h8-11,14,17H,3-7,12-13H2,1-2H3/t14-/m0/s1. The summed E-state index contributed by atoms with van der Waals surface area (Å²) in [6, 6.07) is 7.35. The van der Waals surface area contributed by atoms with Gasteiger partial charge in [0.1, 0.15) is 5.75 Å². The first-order valence-electron chi connectivity index (χ1n) is 7.12. The number of phenols is 1. The minimum absolute atomic E-state index is 0.323. The van der Waals surface area contributed by atoms with E-state index in [1.165, 1.54) is 31.2 Å². The summed E-state index contributed by atoms with van der Waals surface area (Å²) >= 11 is 0. The largest absolute Gasteiger partial charge is 0.508 e. The molecule has 0 heterocycles. The molecule has 2 nitrogen and oxygen atoms in total. The fraction of sp³-hybridized carbons (Fsp3) is 0.625. The van der Waals surface area contributed by atoms with Crippen LogP contribution >= 0.6 is 0 Å². The maximum absolute atomic E-state index is 9.18. The molecule has 0 unspecified atom stereocenters. The minimum atomic E-state index is 0.323. The average molecular weight is 250 g/mol. The number of aromatic hydroxyl groups is 1. The molecular formula is C16H26O2. The zero-order valence-corrected chi connectivity index (χ0v) is 11.7. The Hall–Kier alpha value is -1.02. The maximum Gasteiger partial charge on any atom is 0.115 e. The van der Waals surface area contributed by atoms with Crippen LogP contribution in [0.15, 0.2) is 24.3 Å². The van der Waals surface area contributed by atoms with Gasteiger partial charge in [0.15, 0.2) is 0 Å². The zero-order chi connectivity index (χ0) is 13.2. The van der Waals surface area contributed by atoms with E-state index < -0.39 is 0 Å². The Bertz CT molecular complexity index is 305. The lowest BCUT2D eigenvalue weighted by molar-refractivity contribution is 0.0607. The Labute approximate surface area is 111 Å². The Kier molecular flexibility index (Phi) is 7.51. The van der Waals surface area contributed by atoms with E-state index >= 15 is 0 Å². The molecule has 0 aliphatic carbocycles. The van der Waals surface area contributed by atoms with Gasteiger partial charge in [-0.05, 0) is 37.5 Å². The van der Waals surface area contributed by atoms with Crippen molar-refractivity contribution in [3.63, 3.8) is 0 Å². The minimum Gasteiger partial charge on any atom is -0.508 e. The van der Waals surface area contributed by atoms with E-state index in [0.29, 0.717) is 11.9 Å². The molecule has 0 saturated carbocycles. The topological polar surface area (TPSA) is 29.5 Å². The van der Waals surface area contributed by atoms with Crippen LogP contribution in [-0.4, -0.2) is 17.8 Å². The summed E-state index contributed by atoms with van der Waals surface area (Å²) in [5, 5.41) is 9.18. The molecule has 1 N–H and O–H groups in total. The normalized spacial score (nSPS) is 12.6. The van der Waals surface area contributed by atoms with Gasteiger partial charge in [0.05, 0.1) is 12.7 Å². The molecule has 18 heavy (non-hydrogen) atoms. The molecule has 0 bridgehead atoms. The molecular weight excluding hydrogens is 224 g/mol. The third-order valence-electron chi connectivity index (χ3n) is 3.19. The SMILES string of the molecule is CCCCCC[C@H](C)OCCc1ccc(O)cc1. The predicted octanol–water partition coefficient (Wildman–Crippen LogP) is 4.31. The first-order valence-corrected chi connectivity index (χ1v) is 7.12. The molecule has 0 saturated heterocycles. The van der Waals surface area contributed by atoms with E-state index in [0.717, 1.165) is 19.4 Å². The lowest BCUT2D eigenvalue weighted by atomic mass is 10.1. The molecule has 0 radical (unpaired) electrons. The summed E-state index contributed by atoms with van der Waals surface area (Å²) in [5.74, 6) is 0.323. The van der Waals surface area contributed by atoms with Crippen LogP contribution in [0.1, 0.15) is 51.5 Å². The van der Waals surface area contributed by atoms with Crippen molar-refractivity contribution in [2.24, 2.45) is 0 Å². The monoisotopic (exact) mass is 250 g/mol. The van der Waals surface area contributed by atoms with E-state index in [9.17, 15) is 5.11 Å². The molecule has 0 aromatic heterocycles. The summed E-state index contributed by atoms with van der Waals surface area (Å²) in [5.41, 5.74) is 1.21. The van der Waals surface area contributed by atoms with Crippen LogP contribution in [0.4, 0.5) is 0 Å². The van der Waals surface area contributed by atoms with Gasteiger partial charge in [-0.1, -0.05) is 44.7 Å². The summed E-state index contributed by atoms with van der Waals surface area (Å²) in [7, 11) is 0. The number of ether oxygens (including phenoxy) is 1. The van der Waals surface area contributed by atoms with Crippen molar-refractivity contribution < 1.29 is 9.84 Å². The summed E-state index contributed by atoms with van der Waals surface area (Å²) in [4.78, 5) is 0. The van der Waals surface area contributed by atoms with Gasteiger partial charge in [0, 0.05) is 0 Å². The first kappa shape index (κ1) is 15.0. The van der Waals surface area contributed by atoms with Crippen LogP contribution in [0, 0.1) is 0 Å². The number of rotatable bonds is 9. The highest BCUT2D eigenvalue weighted by Crippen LogP contribution is 2.11. The predicted molar refractivity (Wildman–Crippen MR) is 76.0 cm³/mol. The molecule has 1 atom stereocenters. The first-order chi connectivity index (χ1) is 8.72. The van der Waals surface area contributed by atoms with Gasteiger partial charge in [-0.3, -0.25) is 0 Å². The number of hydrogen-bond acceptors (Lipinski definition) is 2. The van der Waals surface area contributed by atoms with Gasteiger partial charge >= 0.3 is 0 Å². The molecule has 0 amide bonds. The fourth-order valence-corrected chi connectivity index (χ4v) is 1.98. The van der Waals surface area contributed by atoms with Gasteiger partial charge in [0.2, 0.25) is 0 Å². The molecule has 1 aromatic rings. The van der Waals surface area contributed by atoms with Gasteiger partial charge in [0.25, 0.3) is 0 Å². The highest BCUT2D eigenvalue weighted by molar-refractivity contribution is 5.25. The van der Waals surface area contributed by atoms with Crippen molar-refractivity contribution in [1.82, 2.24) is 0 Å². The third kappa shape index (κ3) is 6.65. The number of hydrogen-bond donors (Lipinski definition) is 1. The van der Waals surface area contributed by atoms with Crippen molar-refractivity contribution in [2.75, 3.05) is 6.61 Å². The fourth-order valence-electron chi connectivity index (χ4n) is 1.98. The van der Waals surface area contributed by atoms with Gasteiger partial charge < -0.3 is 9.84 Å². The molecule has 0 aliphatic heterocycles. The van der Waals surface area contributed by atoms with Crippen LogP contribution in [0.25, 0.3) is 0 Å². The molecule has 102 valence electrons. The average Bonchev–Trinajstić information content (AvgIpc) is 2.37. The highest BCUT2D eigenvalue weighted by atomic mass is 16.5. The maximum atomic E-state index is 9.18. The second-order valence-electron chi connectivity index (χ2n) is 4.95. The molecule has 1 rings (SSSR count). The lowest BCUT2D eigenvalue weighted by Gasteiger charge is -2.12. The molecule has 0 fully saturated rings. The van der Waals surface area contributed by atoms with E-state index in [2.05, 4.69) is 13.8 Å². The van der Waals surface area contributed by atoms with Crippen LogP contribution in [0.5, 0.6) is 5.75 Å². The van der Waals surface area contributed by atoms with E-state index in [1.807, 2.05) is 12.1 Å². The second kappa shape index (κ2) is 8.98. The van der Waals surface area contributed by atoms with E-state index in [4.69, 9.17) is 4.74 Å². The zero-order valence-electron chi connectivity index (χ0n) is 11.7. The smallest absolute Gasteiger partial charge is 0.115 e. The van der Waals surface area contributed by atoms with Crippen LogP contribution in [0.2, 0.25) is 0 Å². The molecule has 1 aromatic carbocycles. The van der Waals surface area contributed by atoms with Crippen molar-refractivity contribution in [3.05, 3.63) is 29.8 Å². The summed E-state index contributed by atoms with van der Waals surface area (Å²) < 4.78 is 5.79. The Morgan fingerprint density at radius 1 is 1.11 bits per heavy atom. The van der Waals surface area contributed by atoms with Crippen LogP contribution in [0.3, 0.4) is 0 Å². The Morgan fingerprint density at radius 3 is 2.50 bits per heavy atom. The Balaban J connectivity index is 2.07. The molecule has 0 aliphatic rings. The van der Waals surface area contributed by atoms with Crippen LogP contribution in [-0.2, 0) is 11.2 Å². The van der Waals surface area contributed by atoms with Crippen molar-refractivity contribution in [3.8, 4) is 5.75 Å². The highest BCUT2D eigenvalue weighted by Gasteiger charge is 2.02. The van der Waals surface area contributed by atoms with Crippen molar-refractivity contribution in [2.45, 2.75) is 58.5 Å². The lowest BCUT2D eigenvalue weighted by Crippen LogP contribution is -2.10. The van der Waals surface area contributed by atoms with Crippen LogP contribution < -0.4 is 0 Å². The molecule has 2 heteroatoms. The van der Waals surface area contributed by atoms with E-state index in [-0.39, 0.29) is 0 Å². The quantitative estimate of drug-likeness (QED) is 0.662. The molecule has 0 spiro atoms. The second-order valence-corrected chi connectivity index (χ2v) is 4.95. The Morgan fingerprint density at radius 2 is 1.83 bits per heavy atom. The van der Waals surface area contributed by atoms with Gasteiger partial charge in [-0.2, -0.15) is 0 Å².